The highest BCUT2D eigenvalue weighted by Gasteiger charge is 2.33. The molecule has 0 aromatic heterocycles. The quantitative estimate of drug-likeness (QED) is 0.482. The molecule has 1 heterocycles. The molecule has 1 aliphatic rings. The number of carbonyl (C=O) groups is 1. The molecule has 0 unspecified atom stereocenters. The number of carbonyl (C=O) groups excluding carboxylic acids is 1. The Kier molecular flexibility index (Phi) is 6.41. The van der Waals surface area contributed by atoms with Crippen molar-refractivity contribution in [2.24, 2.45) is 9.98 Å². The smallest absolute Gasteiger partial charge is 0.325 e. The average molecular weight is 453 g/mol. The standard InChI is InChI=1S/C24H18F3N3OS/c25-24(26,27)17-10-4-5-11-18(17)29-22(31)15-32-23-14-21(16-8-2-1-3-9-16)28-19-12-6-7-13-20(19)30-23/h1-13H,14-15H2,(H,29,31). The fourth-order valence-corrected chi connectivity index (χ4v) is 3.98. The van der Waals surface area contributed by atoms with Gasteiger partial charge in [0.2, 0.25) is 5.91 Å². The van der Waals surface area contributed by atoms with Gasteiger partial charge in [0.1, 0.15) is 0 Å². The van der Waals surface area contributed by atoms with Crippen LogP contribution in [0, 0.1) is 0 Å². The molecule has 0 fully saturated rings. The van der Waals surface area contributed by atoms with E-state index in [0.717, 1.165) is 23.0 Å². The van der Waals surface area contributed by atoms with Gasteiger partial charge < -0.3 is 5.32 Å². The number of nitrogens with one attached hydrogen (secondary N) is 1. The molecule has 0 spiro atoms. The predicted octanol–water partition coefficient (Wildman–Crippen LogP) is 6.63. The van der Waals surface area contributed by atoms with Crippen molar-refractivity contribution in [3.05, 3.63) is 90.0 Å². The summed E-state index contributed by atoms with van der Waals surface area (Å²) in [5.74, 6) is -0.611. The maximum absolute atomic E-state index is 13.2. The van der Waals surface area contributed by atoms with Crippen molar-refractivity contribution in [3.8, 4) is 0 Å². The van der Waals surface area contributed by atoms with Gasteiger partial charge in [-0.1, -0.05) is 54.6 Å². The minimum atomic E-state index is -4.55. The molecule has 1 N–H and O–H groups in total. The number of fused-ring (bicyclic) bond motifs is 1. The van der Waals surface area contributed by atoms with Gasteiger partial charge >= 0.3 is 6.18 Å². The van der Waals surface area contributed by atoms with E-state index in [1.807, 2.05) is 54.6 Å². The number of benzene rings is 3. The van der Waals surface area contributed by atoms with E-state index in [9.17, 15) is 18.0 Å². The summed E-state index contributed by atoms with van der Waals surface area (Å²) in [6, 6.07) is 22.0. The Morgan fingerprint density at radius 2 is 1.50 bits per heavy atom. The largest absolute Gasteiger partial charge is 0.418 e. The number of nitrogens with zero attached hydrogens (tertiary/aromatic N) is 2. The number of alkyl halides is 3. The van der Waals surface area contributed by atoms with Crippen molar-refractivity contribution < 1.29 is 18.0 Å². The lowest BCUT2D eigenvalue weighted by atomic mass is 10.1. The van der Waals surface area contributed by atoms with E-state index in [2.05, 4.69) is 10.3 Å². The second kappa shape index (κ2) is 9.40. The summed E-state index contributed by atoms with van der Waals surface area (Å²) >= 11 is 1.19. The summed E-state index contributed by atoms with van der Waals surface area (Å²) < 4.78 is 39.5. The normalized spacial score (nSPS) is 13.5. The summed E-state index contributed by atoms with van der Waals surface area (Å²) in [5.41, 5.74) is 2.03. The topological polar surface area (TPSA) is 53.8 Å². The highest BCUT2D eigenvalue weighted by molar-refractivity contribution is 8.14. The van der Waals surface area contributed by atoms with Crippen LogP contribution in [0.2, 0.25) is 0 Å². The number of halogens is 3. The molecule has 0 radical (unpaired) electrons. The molecule has 1 aliphatic heterocycles. The summed E-state index contributed by atoms with van der Waals surface area (Å²) in [6.07, 6.45) is -4.14. The van der Waals surface area contributed by atoms with E-state index in [1.165, 1.54) is 30.0 Å². The van der Waals surface area contributed by atoms with Gasteiger partial charge in [-0.25, -0.2) is 4.99 Å². The molecular weight excluding hydrogens is 435 g/mol. The lowest BCUT2D eigenvalue weighted by Gasteiger charge is -2.13. The first kappa shape index (κ1) is 21.8. The van der Waals surface area contributed by atoms with Gasteiger partial charge in [-0.2, -0.15) is 13.2 Å². The second-order valence-electron chi connectivity index (χ2n) is 6.98. The monoisotopic (exact) mass is 453 g/mol. The van der Waals surface area contributed by atoms with Crippen LogP contribution < -0.4 is 5.32 Å². The fraction of sp³-hybridized carbons (Fsp3) is 0.125. The van der Waals surface area contributed by atoms with Crippen molar-refractivity contribution in [1.29, 1.82) is 0 Å². The number of hydrogen-bond donors (Lipinski definition) is 1. The molecule has 4 rings (SSSR count). The van der Waals surface area contributed by atoms with Crippen LogP contribution in [-0.2, 0) is 11.0 Å². The lowest BCUT2D eigenvalue weighted by molar-refractivity contribution is -0.137. The summed E-state index contributed by atoms with van der Waals surface area (Å²) in [4.78, 5) is 21.8. The molecule has 32 heavy (non-hydrogen) atoms. The lowest BCUT2D eigenvalue weighted by Crippen LogP contribution is -2.19. The molecule has 162 valence electrons. The van der Waals surface area contributed by atoms with E-state index in [-0.39, 0.29) is 11.4 Å². The number of rotatable bonds is 4. The first-order chi connectivity index (χ1) is 15.4. The Hall–Kier alpha value is -3.39. The molecule has 1 amide bonds. The SMILES string of the molecule is O=C(CSC1=Nc2ccccc2N=C(c2ccccc2)C1)Nc1ccccc1C(F)(F)F. The Labute approximate surface area is 187 Å². The number of hydrogen-bond acceptors (Lipinski definition) is 4. The van der Waals surface area contributed by atoms with Gasteiger partial charge in [0.25, 0.3) is 0 Å². The average Bonchev–Trinajstić information content (AvgIpc) is 2.97. The molecule has 3 aromatic carbocycles. The molecular formula is C24H18F3N3OS. The summed E-state index contributed by atoms with van der Waals surface area (Å²) in [6.45, 7) is 0. The fourth-order valence-electron chi connectivity index (χ4n) is 3.21. The van der Waals surface area contributed by atoms with Crippen LogP contribution in [0.25, 0.3) is 0 Å². The number of anilines is 1. The minimum Gasteiger partial charge on any atom is -0.325 e. The van der Waals surface area contributed by atoms with E-state index in [0.29, 0.717) is 17.2 Å². The summed E-state index contributed by atoms with van der Waals surface area (Å²) in [5, 5.41) is 3.03. The molecule has 0 saturated heterocycles. The molecule has 0 aliphatic carbocycles. The van der Waals surface area contributed by atoms with Crippen molar-refractivity contribution in [2.45, 2.75) is 12.6 Å². The van der Waals surface area contributed by atoms with Crippen LogP contribution in [0.3, 0.4) is 0 Å². The summed E-state index contributed by atoms with van der Waals surface area (Å²) in [7, 11) is 0. The van der Waals surface area contributed by atoms with Crippen LogP contribution >= 0.6 is 11.8 Å². The Morgan fingerprint density at radius 1 is 0.875 bits per heavy atom. The van der Waals surface area contributed by atoms with Gasteiger partial charge in [0.05, 0.1) is 39.1 Å². The molecule has 0 saturated carbocycles. The zero-order valence-electron chi connectivity index (χ0n) is 16.8. The van der Waals surface area contributed by atoms with Crippen LogP contribution in [-0.4, -0.2) is 22.4 Å². The maximum Gasteiger partial charge on any atom is 0.418 e. The van der Waals surface area contributed by atoms with E-state index >= 15 is 0 Å². The van der Waals surface area contributed by atoms with Crippen molar-refractivity contribution in [1.82, 2.24) is 0 Å². The third kappa shape index (κ3) is 5.26. The van der Waals surface area contributed by atoms with Gasteiger partial charge in [0, 0.05) is 6.42 Å². The third-order valence-electron chi connectivity index (χ3n) is 4.68. The number of aliphatic imine (C=N–C) groups is 2. The molecule has 8 heteroatoms. The first-order valence-electron chi connectivity index (χ1n) is 9.78. The molecule has 4 nitrogen and oxygen atoms in total. The van der Waals surface area contributed by atoms with Crippen molar-refractivity contribution in [2.75, 3.05) is 11.1 Å². The number of thioether (sulfide) groups is 1. The van der Waals surface area contributed by atoms with Crippen LogP contribution in [0.4, 0.5) is 30.2 Å². The predicted molar refractivity (Wildman–Crippen MR) is 123 cm³/mol. The molecule has 0 atom stereocenters. The van der Waals surface area contributed by atoms with E-state index in [1.54, 1.807) is 0 Å². The minimum absolute atomic E-state index is 0.0741. The van der Waals surface area contributed by atoms with Crippen LogP contribution in [0.1, 0.15) is 17.5 Å². The highest BCUT2D eigenvalue weighted by Crippen LogP contribution is 2.35. The zero-order chi connectivity index (χ0) is 22.6. The number of para-hydroxylation sites is 3. The number of amides is 1. The van der Waals surface area contributed by atoms with Gasteiger partial charge in [0.15, 0.2) is 0 Å². The maximum atomic E-state index is 13.2. The van der Waals surface area contributed by atoms with Gasteiger partial charge in [-0.05, 0) is 29.8 Å². The van der Waals surface area contributed by atoms with E-state index < -0.39 is 17.6 Å². The van der Waals surface area contributed by atoms with Crippen LogP contribution in [0.15, 0.2) is 88.8 Å². The third-order valence-corrected chi connectivity index (χ3v) is 5.66. The van der Waals surface area contributed by atoms with Crippen molar-refractivity contribution >= 4 is 45.5 Å². The van der Waals surface area contributed by atoms with Crippen molar-refractivity contribution in [3.63, 3.8) is 0 Å². The first-order valence-corrected chi connectivity index (χ1v) is 10.8. The van der Waals surface area contributed by atoms with Gasteiger partial charge in [-0.15, -0.1) is 11.8 Å². The van der Waals surface area contributed by atoms with E-state index in [4.69, 9.17) is 4.99 Å². The van der Waals surface area contributed by atoms with Crippen LogP contribution in [0.5, 0.6) is 0 Å². The molecule has 3 aromatic rings. The van der Waals surface area contributed by atoms with Gasteiger partial charge in [-0.3, -0.25) is 9.79 Å². The molecule has 0 bridgehead atoms. The Bertz CT molecular complexity index is 1190. The Balaban J connectivity index is 1.52. The zero-order valence-corrected chi connectivity index (χ0v) is 17.6. The second-order valence-corrected chi connectivity index (χ2v) is 8.02. The highest BCUT2D eigenvalue weighted by atomic mass is 32.2. The Morgan fingerprint density at radius 3 is 2.22 bits per heavy atom.